The molecule has 0 aliphatic heterocycles. The number of benzene rings is 2. The Morgan fingerprint density at radius 1 is 1.17 bits per heavy atom. The van der Waals surface area contributed by atoms with Crippen molar-refractivity contribution in [1.82, 2.24) is 5.43 Å². The topological polar surface area (TPSA) is 62.7 Å². The summed E-state index contributed by atoms with van der Waals surface area (Å²) in [6, 6.07) is 11.7. The maximum absolute atomic E-state index is 11.9. The van der Waals surface area contributed by atoms with Crippen LogP contribution in [0.15, 0.2) is 41.5 Å². The lowest BCUT2D eigenvalue weighted by Crippen LogP contribution is -2.26. The smallest absolute Gasteiger partial charge is 0.259 e. The molecule has 0 aliphatic carbocycles. The zero-order valence-corrected chi connectivity index (χ0v) is 14.5. The van der Waals surface area contributed by atoms with Crippen LogP contribution in [0.5, 0.6) is 5.75 Å². The average Bonchev–Trinajstić information content (AvgIpc) is 2.54. The standard InChI is InChI=1S/C19H23N3O2/c1-13-9-14(2)19(15(3)10-13)20-12-18(23)22-21-11-16-7-5-6-8-17(16)24-4/h5-11,20H,12H2,1-4H3,(H,22,23)/b21-11-. The SMILES string of the molecule is COc1ccccc1/C=N\NC(=O)CNc1c(C)cc(C)cc1C. The number of ether oxygens (including phenoxy) is 1. The molecule has 1 amide bonds. The third-order valence-corrected chi connectivity index (χ3v) is 3.63. The summed E-state index contributed by atoms with van der Waals surface area (Å²) < 4.78 is 5.23. The second-order valence-corrected chi connectivity index (χ2v) is 5.66. The Morgan fingerprint density at radius 2 is 1.83 bits per heavy atom. The lowest BCUT2D eigenvalue weighted by atomic mass is 10.1. The number of nitrogens with one attached hydrogen (secondary N) is 2. The average molecular weight is 325 g/mol. The van der Waals surface area contributed by atoms with Crippen molar-refractivity contribution in [3.05, 3.63) is 58.7 Å². The van der Waals surface area contributed by atoms with Crippen LogP contribution in [0, 0.1) is 20.8 Å². The molecule has 126 valence electrons. The molecule has 2 rings (SSSR count). The lowest BCUT2D eigenvalue weighted by Gasteiger charge is -2.13. The van der Waals surface area contributed by atoms with E-state index in [-0.39, 0.29) is 12.5 Å². The zero-order chi connectivity index (χ0) is 17.5. The molecule has 0 saturated heterocycles. The molecule has 2 aromatic rings. The third-order valence-electron chi connectivity index (χ3n) is 3.63. The fraction of sp³-hybridized carbons (Fsp3) is 0.263. The number of carbonyl (C=O) groups excluding carboxylic acids is 1. The van der Waals surface area contributed by atoms with Crippen molar-refractivity contribution in [1.29, 1.82) is 0 Å². The van der Waals surface area contributed by atoms with E-state index < -0.39 is 0 Å². The first-order valence-electron chi connectivity index (χ1n) is 7.78. The van der Waals surface area contributed by atoms with Gasteiger partial charge < -0.3 is 10.1 Å². The molecule has 0 aromatic heterocycles. The van der Waals surface area contributed by atoms with Gasteiger partial charge >= 0.3 is 0 Å². The molecule has 0 heterocycles. The summed E-state index contributed by atoms with van der Waals surface area (Å²) in [5.41, 5.74) is 7.77. The second kappa shape index (κ2) is 8.15. The number of carbonyl (C=O) groups is 1. The van der Waals surface area contributed by atoms with Crippen LogP contribution in [-0.4, -0.2) is 25.8 Å². The zero-order valence-electron chi connectivity index (χ0n) is 14.5. The first kappa shape index (κ1) is 17.5. The van der Waals surface area contributed by atoms with Crippen LogP contribution < -0.4 is 15.5 Å². The highest BCUT2D eigenvalue weighted by atomic mass is 16.5. The van der Waals surface area contributed by atoms with Crippen molar-refractivity contribution in [2.75, 3.05) is 19.0 Å². The van der Waals surface area contributed by atoms with Gasteiger partial charge in [0.15, 0.2) is 0 Å². The molecule has 2 aromatic carbocycles. The summed E-state index contributed by atoms with van der Waals surface area (Å²) >= 11 is 0. The van der Waals surface area contributed by atoms with Crippen LogP contribution in [0.3, 0.4) is 0 Å². The Hall–Kier alpha value is -2.82. The van der Waals surface area contributed by atoms with E-state index in [4.69, 9.17) is 4.74 Å². The van der Waals surface area contributed by atoms with Crippen LogP contribution in [-0.2, 0) is 4.79 Å². The van der Waals surface area contributed by atoms with E-state index in [0.717, 1.165) is 22.4 Å². The lowest BCUT2D eigenvalue weighted by molar-refractivity contribution is -0.119. The predicted molar refractivity (Wildman–Crippen MR) is 97.9 cm³/mol. The van der Waals surface area contributed by atoms with Gasteiger partial charge in [-0.3, -0.25) is 4.79 Å². The highest BCUT2D eigenvalue weighted by molar-refractivity contribution is 5.86. The predicted octanol–water partition coefficient (Wildman–Crippen LogP) is 3.18. The molecule has 0 unspecified atom stereocenters. The van der Waals surface area contributed by atoms with Gasteiger partial charge in [0.2, 0.25) is 0 Å². The molecule has 0 atom stereocenters. The van der Waals surface area contributed by atoms with E-state index in [1.807, 2.05) is 38.1 Å². The number of methoxy groups -OCH3 is 1. The minimum absolute atomic E-state index is 0.161. The summed E-state index contributed by atoms with van der Waals surface area (Å²) in [7, 11) is 1.60. The summed E-state index contributed by atoms with van der Waals surface area (Å²) in [5.74, 6) is 0.500. The van der Waals surface area contributed by atoms with Gasteiger partial charge in [0.1, 0.15) is 5.75 Å². The minimum Gasteiger partial charge on any atom is -0.496 e. The van der Waals surface area contributed by atoms with E-state index in [1.165, 1.54) is 5.56 Å². The third kappa shape index (κ3) is 4.59. The van der Waals surface area contributed by atoms with Crippen LogP contribution in [0.4, 0.5) is 5.69 Å². The summed E-state index contributed by atoms with van der Waals surface area (Å²) in [6.07, 6.45) is 1.57. The monoisotopic (exact) mass is 325 g/mol. The van der Waals surface area contributed by atoms with E-state index in [0.29, 0.717) is 5.75 Å². The Morgan fingerprint density at radius 3 is 2.50 bits per heavy atom. The van der Waals surface area contributed by atoms with Crippen LogP contribution in [0.1, 0.15) is 22.3 Å². The van der Waals surface area contributed by atoms with Crippen molar-refractivity contribution >= 4 is 17.8 Å². The largest absolute Gasteiger partial charge is 0.496 e. The first-order chi connectivity index (χ1) is 11.5. The number of aryl methyl sites for hydroxylation is 3. The number of para-hydroxylation sites is 1. The van der Waals surface area contributed by atoms with E-state index in [2.05, 4.69) is 34.9 Å². The van der Waals surface area contributed by atoms with Gasteiger partial charge in [-0.25, -0.2) is 5.43 Å². The van der Waals surface area contributed by atoms with Crippen molar-refractivity contribution in [2.24, 2.45) is 5.10 Å². The Kier molecular flexibility index (Phi) is 5.95. The molecule has 5 heteroatoms. The number of amides is 1. The van der Waals surface area contributed by atoms with Gasteiger partial charge in [-0.05, 0) is 44.0 Å². The van der Waals surface area contributed by atoms with E-state index >= 15 is 0 Å². The number of anilines is 1. The number of hydrogen-bond acceptors (Lipinski definition) is 4. The summed E-state index contributed by atoms with van der Waals surface area (Å²) in [5, 5.41) is 7.15. The van der Waals surface area contributed by atoms with E-state index in [1.54, 1.807) is 13.3 Å². The summed E-state index contributed by atoms with van der Waals surface area (Å²) in [4.78, 5) is 11.9. The molecular formula is C19H23N3O2. The van der Waals surface area contributed by atoms with Crippen molar-refractivity contribution in [3.63, 3.8) is 0 Å². The Balaban J connectivity index is 1.91. The number of hydrogen-bond donors (Lipinski definition) is 2. The second-order valence-electron chi connectivity index (χ2n) is 5.66. The molecule has 0 spiro atoms. The Labute approximate surface area is 142 Å². The molecule has 0 saturated carbocycles. The fourth-order valence-corrected chi connectivity index (χ4v) is 2.61. The Bertz CT molecular complexity index is 731. The highest BCUT2D eigenvalue weighted by Crippen LogP contribution is 2.21. The number of rotatable bonds is 6. The van der Waals surface area contributed by atoms with Gasteiger partial charge in [0.05, 0.1) is 19.9 Å². The highest BCUT2D eigenvalue weighted by Gasteiger charge is 2.06. The van der Waals surface area contributed by atoms with Crippen LogP contribution in [0.2, 0.25) is 0 Å². The molecular weight excluding hydrogens is 302 g/mol. The van der Waals surface area contributed by atoms with Crippen molar-refractivity contribution in [2.45, 2.75) is 20.8 Å². The maximum Gasteiger partial charge on any atom is 0.259 e. The number of nitrogens with zero attached hydrogens (tertiary/aromatic N) is 1. The van der Waals surface area contributed by atoms with Gasteiger partial charge in [0.25, 0.3) is 5.91 Å². The van der Waals surface area contributed by atoms with Gasteiger partial charge in [0, 0.05) is 11.3 Å². The van der Waals surface area contributed by atoms with Crippen LogP contribution in [0.25, 0.3) is 0 Å². The maximum atomic E-state index is 11.9. The number of hydrazone groups is 1. The quantitative estimate of drug-likeness (QED) is 0.633. The van der Waals surface area contributed by atoms with E-state index in [9.17, 15) is 4.79 Å². The molecule has 0 radical (unpaired) electrons. The fourth-order valence-electron chi connectivity index (χ4n) is 2.61. The molecule has 0 fully saturated rings. The normalized spacial score (nSPS) is 10.7. The van der Waals surface area contributed by atoms with Gasteiger partial charge in [-0.1, -0.05) is 29.8 Å². The minimum atomic E-state index is -0.208. The molecule has 5 nitrogen and oxygen atoms in total. The van der Waals surface area contributed by atoms with Gasteiger partial charge in [-0.2, -0.15) is 5.10 Å². The molecule has 24 heavy (non-hydrogen) atoms. The van der Waals surface area contributed by atoms with Crippen LogP contribution >= 0.6 is 0 Å². The van der Waals surface area contributed by atoms with Crippen molar-refractivity contribution < 1.29 is 9.53 Å². The summed E-state index contributed by atoms with van der Waals surface area (Å²) in [6.45, 7) is 6.28. The first-order valence-corrected chi connectivity index (χ1v) is 7.78. The molecule has 2 N–H and O–H groups in total. The molecule has 0 aliphatic rings. The van der Waals surface area contributed by atoms with Gasteiger partial charge in [-0.15, -0.1) is 0 Å². The molecule has 0 bridgehead atoms. The van der Waals surface area contributed by atoms with Crippen molar-refractivity contribution in [3.8, 4) is 5.75 Å².